The molecule has 0 spiro atoms. The topological polar surface area (TPSA) is 50.5 Å². The lowest BCUT2D eigenvalue weighted by Crippen LogP contribution is -2.34. The van der Waals surface area contributed by atoms with E-state index in [1.807, 2.05) is 0 Å². The molecule has 0 atom stereocenters. The summed E-state index contributed by atoms with van der Waals surface area (Å²) in [5.41, 5.74) is 4.95. The molecule has 0 radical (unpaired) electrons. The molecule has 114 valence electrons. The van der Waals surface area contributed by atoms with E-state index in [1.54, 1.807) is 6.92 Å². The highest BCUT2D eigenvalue weighted by Gasteiger charge is 2.27. The minimum Gasteiger partial charge on any atom is -0.422 e. The van der Waals surface area contributed by atoms with Crippen molar-refractivity contribution in [2.75, 3.05) is 18.0 Å². The molecular weight excluding hydrogens is 278 g/mol. The van der Waals surface area contributed by atoms with Gasteiger partial charge in [-0.2, -0.15) is 0 Å². The van der Waals surface area contributed by atoms with Gasteiger partial charge < -0.3 is 9.32 Å². The van der Waals surface area contributed by atoms with E-state index < -0.39 is 0 Å². The minimum absolute atomic E-state index is 0.0693. The maximum atomic E-state index is 11.9. The summed E-state index contributed by atoms with van der Waals surface area (Å²) in [6, 6.07) is 3.62. The Morgan fingerprint density at radius 3 is 2.77 bits per heavy atom. The van der Waals surface area contributed by atoms with Crippen LogP contribution in [0, 0.1) is 0 Å². The monoisotopic (exact) mass is 297 g/mol. The molecule has 1 aromatic carbocycles. The van der Waals surface area contributed by atoms with Crippen LogP contribution in [0.25, 0.3) is 11.0 Å². The molecule has 0 amide bonds. The van der Waals surface area contributed by atoms with Gasteiger partial charge in [0.1, 0.15) is 11.4 Å². The number of carbonyl (C=O) groups is 1. The van der Waals surface area contributed by atoms with Gasteiger partial charge in [0.2, 0.25) is 0 Å². The van der Waals surface area contributed by atoms with Crippen LogP contribution < -0.4 is 10.5 Å². The molecule has 4 rings (SSSR count). The van der Waals surface area contributed by atoms with E-state index in [9.17, 15) is 9.59 Å². The van der Waals surface area contributed by atoms with Gasteiger partial charge in [-0.05, 0) is 49.8 Å². The van der Waals surface area contributed by atoms with Gasteiger partial charge in [0.25, 0.3) is 0 Å². The van der Waals surface area contributed by atoms with Crippen molar-refractivity contribution >= 4 is 22.4 Å². The lowest BCUT2D eigenvalue weighted by molar-refractivity contribution is -0.116. The number of Topliss-reactive ketones (excluding diaryl/α,β-unsaturated/α-hetero) is 1. The van der Waals surface area contributed by atoms with Gasteiger partial charge in [-0.25, -0.2) is 4.79 Å². The number of ketones is 1. The van der Waals surface area contributed by atoms with Crippen LogP contribution >= 0.6 is 0 Å². The molecule has 2 aliphatic heterocycles. The second-order valence-corrected chi connectivity index (χ2v) is 6.40. The molecule has 2 aromatic rings. The predicted octanol–water partition coefficient (Wildman–Crippen LogP) is 2.62. The number of hydrogen-bond donors (Lipinski definition) is 0. The van der Waals surface area contributed by atoms with E-state index in [4.69, 9.17) is 4.42 Å². The fourth-order valence-electron chi connectivity index (χ4n) is 3.95. The van der Waals surface area contributed by atoms with Crippen molar-refractivity contribution < 1.29 is 9.21 Å². The van der Waals surface area contributed by atoms with Crippen molar-refractivity contribution in [3.8, 4) is 0 Å². The van der Waals surface area contributed by atoms with Gasteiger partial charge in [0.15, 0.2) is 0 Å². The van der Waals surface area contributed by atoms with Crippen molar-refractivity contribution in [2.45, 2.75) is 39.0 Å². The van der Waals surface area contributed by atoms with E-state index in [0.717, 1.165) is 49.7 Å². The Balaban J connectivity index is 2.05. The number of benzene rings is 1. The maximum absolute atomic E-state index is 11.9. The zero-order chi connectivity index (χ0) is 15.3. The number of anilines is 1. The predicted molar refractivity (Wildman–Crippen MR) is 85.7 cm³/mol. The molecule has 0 saturated carbocycles. The van der Waals surface area contributed by atoms with Crippen LogP contribution in [0.15, 0.2) is 21.3 Å². The summed E-state index contributed by atoms with van der Waals surface area (Å²) in [4.78, 5) is 25.9. The van der Waals surface area contributed by atoms with Gasteiger partial charge in [0.05, 0.1) is 0 Å². The smallest absolute Gasteiger partial charge is 0.336 e. The van der Waals surface area contributed by atoms with Gasteiger partial charge >= 0.3 is 5.63 Å². The van der Waals surface area contributed by atoms with Gasteiger partial charge in [0, 0.05) is 42.2 Å². The highest BCUT2D eigenvalue weighted by atomic mass is 16.4. The van der Waals surface area contributed by atoms with Crippen LogP contribution in [-0.2, 0) is 24.1 Å². The Labute approximate surface area is 128 Å². The van der Waals surface area contributed by atoms with E-state index in [-0.39, 0.29) is 11.4 Å². The summed E-state index contributed by atoms with van der Waals surface area (Å²) >= 11 is 0. The average molecular weight is 297 g/mol. The first-order valence-corrected chi connectivity index (χ1v) is 7.99. The minimum atomic E-state index is -0.354. The molecule has 4 heteroatoms. The molecule has 0 aliphatic carbocycles. The van der Waals surface area contributed by atoms with Crippen LogP contribution in [0.2, 0.25) is 0 Å². The van der Waals surface area contributed by atoms with E-state index in [1.165, 1.54) is 22.9 Å². The van der Waals surface area contributed by atoms with Crippen molar-refractivity contribution in [2.24, 2.45) is 0 Å². The fraction of sp³-hybridized carbons (Fsp3) is 0.444. The summed E-state index contributed by atoms with van der Waals surface area (Å²) in [5.74, 6) is 0.0693. The Morgan fingerprint density at radius 1 is 1.23 bits per heavy atom. The standard InChI is InChI=1S/C18H19NO3/c1-11(20)8-13-10-16(21)22-18-14-5-3-7-19-6-2-4-12(17(14)19)9-15(13)18/h9-10H,2-8H2,1H3. The number of fused-ring (bicyclic) bond motifs is 2. The van der Waals surface area contributed by atoms with E-state index in [0.29, 0.717) is 12.0 Å². The van der Waals surface area contributed by atoms with Gasteiger partial charge in [-0.15, -0.1) is 0 Å². The molecule has 1 aromatic heterocycles. The third kappa shape index (κ3) is 2.05. The summed E-state index contributed by atoms with van der Waals surface area (Å²) in [6.45, 7) is 3.73. The van der Waals surface area contributed by atoms with Crippen LogP contribution in [0.4, 0.5) is 5.69 Å². The van der Waals surface area contributed by atoms with Crippen LogP contribution in [-0.4, -0.2) is 18.9 Å². The largest absolute Gasteiger partial charge is 0.422 e. The molecular formula is C18H19NO3. The van der Waals surface area contributed by atoms with Crippen molar-refractivity contribution in [3.63, 3.8) is 0 Å². The molecule has 22 heavy (non-hydrogen) atoms. The number of aryl methyl sites for hydroxylation is 2. The van der Waals surface area contributed by atoms with E-state index in [2.05, 4.69) is 11.0 Å². The number of nitrogens with zero attached hydrogens (tertiary/aromatic N) is 1. The molecule has 0 unspecified atom stereocenters. The van der Waals surface area contributed by atoms with Crippen LogP contribution in [0.3, 0.4) is 0 Å². The number of carbonyl (C=O) groups excluding carboxylic acids is 1. The van der Waals surface area contributed by atoms with Crippen LogP contribution in [0.5, 0.6) is 0 Å². The summed E-state index contributed by atoms with van der Waals surface area (Å²) in [5, 5.41) is 0.951. The number of rotatable bonds is 2. The lowest BCUT2D eigenvalue weighted by Gasteiger charge is -2.37. The normalized spacial score (nSPS) is 16.7. The molecule has 2 aliphatic rings. The first-order chi connectivity index (χ1) is 10.6. The molecule has 0 N–H and O–H groups in total. The SMILES string of the molecule is CC(=O)Cc1cc(=O)oc2c3c4c(cc12)CCCN4CCC3. The van der Waals surface area contributed by atoms with Crippen molar-refractivity contribution in [3.05, 3.63) is 39.2 Å². The zero-order valence-corrected chi connectivity index (χ0v) is 12.8. The maximum Gasteiger partial charge on any atom is 0.336 e. The molecule has 0 saturated heterocycles. The highest BCUT2D eigenvalue weighted by Crippen LogP contribution is 2.40. The summed E-state index contributed by atoms with van der Waals surface area (Å²) in [6.07, 6.45) is 4.56. The summed E-state index contributed by atoms with van der Waals surface area (Å²) < 4.78 is 5.56. The number of hydrogen-bond acceptors (Lipinski definition) is 4. The first-order valence-electron chi connectivity index (χ1n) is 7.99. The van der Waals surface area contributed by atoms with Crippen molar-refractivity contribution in [1.82, 2.24) is 0 Å². The Hall–Kier alpha value is -2.10. The third-order valence-corrected chi connectivity index (χ3v) is 4.75. The third-order valence-electron chi connectivity index (χ3n) is 4.75. The lowest BCUT2D eigenvalue weighted by atomic mass is 9.88. The quantitative estimate of drug-likeness (QED) is 0.800. The zero-order valence-electron chi connectivity index (χ0n) is 12.8. The molecule has 4 nitrogen and oxygen atoms in total. The Morgan fingerprint density at radius 2 is 2.00 bits per heavy atom. The second kappa shape index (κ2) is 4.97. The Kier molecular flexibility index (Phi) is 3.06. The molecule has 0 bridgehead atoms. The Bertz CT molecular complexity index is 832. The highest BCUT2D eigenvalue weighted by molar-refractivity contribution is 5.93. The fourth-order valence-corrected chi connectivity index (χ4v) is 3.95. The molecule has 3 heterocycles. The van der Waals surface area contributed by atoms with Crippen LogP contribution in [0.1, 0.15) is 36.5 Å². The first kappa shape index (κ1) is 13.6. The van der Waals surface area contributed by atoms with Gasteiger partial charge in [-0.3, -0.25) is 4.79 Å². The molecule has 0 fully saturated rings. The summed E-state index contributed by atoms with van der Waals surface area (Å²) in [7, 11) is 0. The average Bonchev–Trinajstić information content (AvgIpc) is 2.48. The second-order valence-electron chi connectivity index (χ2n) is 6.40. The van der Waals surface area contributed by atoms with Crippen molar-refractivity contribution in [1.29, 1.82) is 0 Å². The van der Waals surface area contributed by atoms with E-state index >= 15 is 0 Å². The van der Waals surface area contributed by atoms with Gasteiger partial charge in [-0.1, -0.05) is 0 Å².